The van der Waals surface area contributed by atoms with Gasteiger partial charge >= 0.3 is 6.18 Å². The van der Waals surface area contributed by atoms with Crippen molar-refractivity contribution in [2.24, 2.45) is 0 Å². The van der Waals surface area contributed by atoms with Gasteiger partial charge in [-0.1, -0.05) is 12.1 Å². The van der Waals surface area contributed by atoms with Crippen LogP contribution in [0.2, 0.25) is 0 Å². The lowest BCUT2D eigenvalue weighted by molar-refractivity contribution is -0.233. The van der Waals surface area contributed by atoms with E-state index in [2.05, 4.69) is 4.98 Å². The maximum Gasteiger partial charge on any atom is 0.416 e. The first-order chi connectivity index (χ1) is 11.2. The van der Waals surface area contributed by atoms with Crippen molar-refractivity contribution in [2.45, 2.75) is 33.1 Å². The number of aromatic nitrogens is 1. The van der Waals surface area contributed by atoms with E-state index in [-0.39, 0.29) is 13.2 Å². The molecule has 130 valence electrons. The largest absolute Gasteiger partial charge is 0.416 e. The van der Waals surface area contributed by atoms with Gasteiger partial charge in [-0.15, -0.1) is 0 Å². The quantitative estimate of drug-likeness (QED) is 0.864. The molecule has 1 N–H and O–H groups in total. The van der Waals surface area contributed by atoms with Gasteiger partial charge in [0.25, 0.3) is 5.91 Å². The first-order valence-corrected chi connectivity index (χ1v) is 7.76. The Morgan fingerprint density at radius 1 is 1.25 bits per heavy atom. The summed E-state index contributed by atoms with van der Waals surface area (Å²) in [6, 6.07) is 3.93. The van der Waals surface area contributed by atoms with Gasteiger partial charge < -0.3 is 14.6 Å². The fourth-order valence-electron chi connectivity index (χ4n) is 3.20. The highest BCUT2D eigenvalue weighted by Gasteiger charge is 2.44. The van der Waals surface area contributed by atoms with Gasteiger partial charge in [-0.2, -0.15) is 13.2 Å². The number of benzene rings is 1. The first kappa shape index (κ1) is 16.8. The minimum Gasteiger partial charge on any atom is -0.365 e. The zero-order valence-corrected chi connectivity index (χ0v) is 13.8. The molecule has 1 unspecified atom stereocenters. The number of fused-ring (bicyclic) bond motifs is 1. The smallest absolute Gasteiger partial charge is 0.365 e. The molecule has 0 saturated carbocycles. The van der Waals surface area contributed by atoms with Crippen LogP contribution in [0.1, 0.15) is 27.2 Å². The molecule has 1 aliphatic rings. The summed E-state index contributed by atoms with van der Waals surface area (Å²) in [5.41, 5.74) is 4.00. The molecule has 24 heavy (non-hydrogen) atoms. The molecule has 0 aliphatic carbocycles. The van der Waals surface area contributed by atoms with Crippen molar-refractivity contribution in [2.75, 3.05) is 19.7 Å². The van der Waals surface area contributed by atoms with Gasteiger partial charge in [0.1, 0.15) is 5.69 Å². The van der Waals surface area contributed by atoms with Crippen molar-refractivity contribution in [3.63, 3.8) is 0 Å². The Hall–Kier alpha value is -2.02. The van der Waals surface area contributed by atoms with E-state index in [1.807, 2.05) is 32.9 Å². The van der Waals surface area contributed by atoms with Gasteiger partial charge in [0.15, 0.2) is 6.10 Å². The van der Waals surface area contributed by atoms with Gasteiger partial charge in [-0.3, -0.25) is 4.79 Å². The van der Waals surface area contributed by atoms with Crippen LogP contribution in [0.15, 0.2) is 12.1 Å². The Morgan fingerprint density at radius 3 is 2.54 bits per heavy atom. The Labute approximate surface area is 137 Å². The molecule has 4 nitrogen and oxygen atoms in total. The maximum atomic E-state index is 12.9. The molecule has 1 fully saturated rings. The zero-order valence-electron chi connectivity index (χ0n) is 13.8. The van der Waals surface area contributed by atoms with E-state index in [4.69, 9.17) is 4.74 Å². The number of nitrogens with zero attached hydrogens (tertiary/aromatic N) is 1. The monoisotopic (exact) mass is 340 g/mol. The highest BCUT2D eigenvalue weighted by atomic mass is 19.4. The van der Waals surface area contributed by atoms with Crippen LogP contribution >= 0.6 is 0 Å². The summed E-state index contributed by atoms with van der Waals surface area (Å²) in [4.78, 5) is 17.1. The summed E-state index contributed by atoms with van der Waals surface area (Å²) < 4.78 is 43.3. The molecule has 1 aromatic heterocycles. The topological polar surface area (TPSA) is 45.3 Å². The van der Waals surface area contributed by atoms with Crippen LogP contribution in [0.4, 0.5) is 13.2 Å². The summed E-state index contributed by atoms with van der Waals surface area (Å²) in [6.07, 6.45) is -6.40. The van der Waals surface area contributed by atoms with E-state index in [1.54, 1.807) is 0 Å². The van der Waals surface area contributed by atoms with Crippen molar-refractivity contribution < 1.29 is 22.7 Å². The predicted octanol–water partition coefficient (Wildman–Crippen LogP) is 3.50. The Morgan fingerprint density at radius 2 is 1.92 bits per heavy atom. The van der Waals surface area contributed by atoms with Gasteiger partial charge in [0.05, 0.1) is 13.2 Å². The number of aromatic amines is 1. The van der Waals surface area contributed by atoms with Crippen LogP contribution in [0.25, 0.3) is 10.9 Å². The van der Waals surface area contributed by atoms with E-state index in [0.29, 0.717) is 5.69 Å². The van der Waals surface area contributed by atoms with E-state index in [9.17, 15) is 18.0 Å². The number of halogens is 3. The third-order valence-corrected chi connectivity index (χ3v) is 4.55. The van der Waals surface area contributed by atoms with Crippen LogP contribution in [-0.2, 0) is 4.74 Å². The third-order valence-electron chi connectivity index (χ3n) is 4.55. The molecule has 1 amide bonds. The number of hydrogen-bond acceptors (Lipinski definition) is 2. The molecule has 7 heteroatoms. The van der Waals surface area contributed by atoms with Crippen molar-refractivity contribution >= 4 is 16.8 Å². The molecule has 1 atom stereocenters. The molecule has 2 aromatic rings. The lowest BCUT2D eigenvalue weighted by Crippen LogP contribution is -2.51. The number of rotatable bonds is 1. The second-order valence-corrected chi connectivity index (χ2v) is 6.23. The van der Waals surface area contributed by atoms with E-state index >= 15 is 0 Å². The number of carbonyl (C=O) groups is 1. The highest BCUT2D eigenvalue weighted by Crippen LogP contribution is 2.30. The van der Waals surface area contributed by atoms with Crippen LogP contribution in [0, 0.1) is 20.8 Å². The number of alkyl halides is 3. The number of morpholine rings is 1. The van der Waals surface area contributed by atoms with Crippen molar-refractivity contribution in [1.29, 1.82) is 0 Å². The number of nitrogens with one attached hydrogen (secondary N) is 1. The van der Waals surface area contributed by atoms with E-state index in [0.717, 1.165) is 27.6 Å². The molecule has 1 saturated heterocycles. The van der Waals surface area contributed by atoms with Crippen LogP contribution < -0.4 is 0 Å². The van der Waals surface area contributed by atoms with Gasteiger partial charge in [-0.25, -0.2) is 0 Å². The minimum atomic E-state index is -4.47. The lowest BCUT2D eigenvalue weighted by atomic mass is 10.0. The molecular weight excluding hydrogens is 321 g/mol. The van der Waals surface area contributed by atoms with Crippen molar-refractivity contribution in [1.82, 2.24) is 9.88 Å². The SMILES string of the molecule is Cc1ccc(C)c2c(C)c(C(=O)N3CCOC(C(F)(F)F)C3)[nH]c12. The van der Waals surface area contributed by atoms with Crippen LogP contribution in [0.3, 0.4) is 0 Å². The summed E-state index contributed by atoms with van der Waals surface area (Å²) in [7, 11) is 0. The summed E-state index contributed by atoms with van der Waals surface area (Å²) in [5.74, 6) is -0.417. The van der Waals surface area contributed by atoms with Crippen molar-refractivity contribution in [3.05, 3.63) is 34.5 Å². The number of amides is 1. The summed E-state index contributed by atoms with van der Waals surface area (Å²) >= 11 is 0. The van der Waals surface area contributed by atoms with Gasteiger partial charge in [-0.05, 0) is 37.5 Å². The normalized spacial score (nSPS) is 19.1. The second kappa shape index (κ2) is 5.81. The zero-order chi connectivity index (χ0) is 17.6. The van der Waals surface area contributed by atoms with Crippen LogP contribution in [-0.4, -0.2) is 47.8 Å². The second-order valence-electron chi connectivity index (χ2n) is 6.23. The maximum absolute atomic E-state index is 12.9. The van der Waals surface area contributed by atoms with Crippen LogP contribution in [0.5, 0.6) is 0 Å². The molecule has 3 rings (SSSR count). The fourth-order valence-corrected chi connectivity index (χ4v) is 3.20. The Balaban J connectivity index is 1.96. The standard InChI is InChI=1S/C17H19F3N2O2/c1-9-4-5-10(2)14-13(9)11(3)15(21-14)16(23)22-6-7-24-12(8-22)17(18,19)20/h4-5,12,21H,6-8H2,1-3H3. The Bertz CT molecular complexity index is 795. The minimum absolute atomic E-state index is 0.118. The summed E-state index contributed by atoms with van der Waals surface area (Å²) in [5, 5.41) is 0.957. The molecule has 0 bridgehead atoms. The average molecular weight is 340 g/mol. The number of carbonyl (C=O) groups excluding carboxylic acids is 1. The predicted molar refractivity (Wildman–Crippen MR) is 84.2 cm³/mol. The summed E-state index contributed by atoms with van der Waals surface area (Å²) in [6.45, 7) is 5.26. The molecular formula is C17H19F3N2O2. The number of H-pyrrole nitrogens is 1. The average Bonchev–Trinajstić information content (AvgIpc) is 2.88. The lowest BCUT2D eigenvalue weighted by Gasteiger charge is -2.33. The number of aryl methyl sites for hydroxylation is 3. The molecule has 1 aliphatic heterocycles. The molecule has 1 aromatic carbocycles. The molecule has 0 spiro atoms. The molecule has 0 radical (unpaired) electrons. The molecule has 2 heterocycles. The Kier molecular flexibility index (Phi) is 4.07. The number of hydrogen-bond donors (Lipinski definition) is 1. The van der Waals surface area contributed by atoms with Gasteiger partial charge in [0.2, 0.25) is 0 Å². The number of ether oxygens (including phenoxy) is 1. The van der Waals surface area contributed by atoms with E-state index in [1.165, 1.54) is 4.90 Å². The van der Waals surface area contributed by atoms with Crippen molar-refractivity contribution in [3.8, 4) is 0 Å². The van der Waals surface area contributed by atoms with Gasteiger partial charge in [0, 0.05) is 17.4 Å². The third kappa shape index (κ3) is 2.77. The van der Waals surface area contributed by atoms with E-state index < -0.39 is 24.7 Å². The highest BCUT2D eigenvalue weighted by molar-refractivity contribution is 6.02. The fraction of sp³-hybridized carbons (Fsp3) is 0.471. The first-order valence-electron chi connectivity index (χ1n) is 7.76.